The zero-order chi connectivity index (χ0) is 13.4. The van der Waals surface area contributed by atoms with Crippen LogP contribution in [-0.4, -0.2) is 22.6 Å². The number of halogens is 1. The maximum Gasteiger partial charge on any atom is 0.329 e. The molecule has 0 aliphatic carbocycles. The van der Waals surface area contributed by atoms with Gasteiger partial charge in [0.25, 0.3) is 5.56 Å². The molecular weight excluding hydrogens is 249 g/mol. The topological polar surface area (TPSA) is 66.9 Å². The largest absolute Gasteiger partial charge is 0.329 e. The lowest BCUT2D eigenvalue weighted by atomic mass is 10.1. The molecule has 1 fully saturated rings. The van der Waals surface area contributed by atoms with E-state index in [1.54, 1.807) is 0 Å². The molecular formula is C13H14FN3O2. The van der Waals surface area contributed by atoms with E-state index in [0.717, 1.165) is 24.0 Å². The number of hydrogen-bond donors (Lipinski definition) is 2. The van der Waals surface area contributed by atoms with Crippen molar-refractivity contribution in [1.29, 1.82) is 0 Å². The molecule has 1 saturated heterocycles. The Hall–Kier alpha value is -1.95. The van der Waals surface area contributed by atoms with Crippen molar-refractivity contribution < 1.29 is 4.39 Å². The normalized spacial score (nSPS) is 19.7. The summed E-state index contributed by atoms with van der Waals surface area (Å²) < 4.78 is 14.9. The SMILES string of the molecule is O=c1[nH]c2cccc(F)c2c(=O)n1C1CCCNC1. The number of rotatable bonds is 1. The van der Waals surface area contributed by atoms with Crippen LogP contribution in [0.3, 0.4) is 0 Å². The number of hydrogen-bond acceptors (Lipinski definition) is 3. The number of benzene rings is 1. The van der Waals surface area contributed by atoms with Gasteiger partial charge in [-0.05, 0) is 31.5 Å². The number of piperidine rings is 1. The lowest BCUT2D eigenvalue weighted by molar-refractivity contribution is 0.355. The summed E-state index contributed by atoms with van der Waals surface area (Å²) in [4.78, 5) is 26.9. The van der Waals surface area contributed by atoms with Crippen LogP contribution in [0.4, 0.5) is 4.39 Å². The van der Waals surface area contributed by atoms with Gasteiger partial charge in [0.05, 0.1) is 16.9 Å². The summed E-state index contributed by atoms with van der Waals surface area (Å²) in [6.07, 6.45) is 1.64. The highest BCUT2D eigenvalue weighted by Gasteiger charge is 2.20. The Labute approximate surface area is 108 Å². The smallest absolute Gasteiger partial charge is 0.315 e. The predicted octanol–water partition coefficient (Wildman–Crippen LogP) is 0.753. The Kier molecular flexibility index (Phi) is 2.94. The van der Waals surface area contributed by atoms with Crippen molar-refractivity contribution in [1.82, 2.24) is 14.9 Å². The highest BCUT2D eigenvalue weighted by atomic mass is 19.1. The molecule has 0 spiro atoms. The molecule has 0 radical (unpaired) electrons. The van der Waals surface area contributed by atoms with Crippen molar-refractivity contribution in [3.05, 3.63) is 44.9 Å². The molecule has 0 saturated carbocycles. The molecule has 0 bridgehead atoms. The van der Waals surface area contributed by atoms with Gasteiger partial charge in [0, 0.05) is 6.54 Å². The molecule has 2 N–H and O–H groups in total. The van der Waals surface area contributed by atoms with Crippen LogP contribution in [0, 0.1) is 5.82 Å². The number of aromatic amines is 1. The molecule has 3 rings (SSSR count). The van der Waals surface area contributed by atoms with Crippen molar-refractivity contribution in [2.45, 2.75) is 18.9 Å². The summed E-state index contributed by atoms with van der Waals surface area (Å²) in [5, 5.41) is 3.10. The monoisotopic (exact) mass is 263 g/mol. The zero-order valence-corrected chi connectivity index (χ0v) is 10.3. The van der Waals surface area contributed by atoms with Crippen LogP contribution in [0.5, 0.6) is 0 Å². The lowest BCUT2D eigenvalue weighted by Crippen LogP contribution is -2.44. The van der Waals surface area contributed by atoms with Crippen molar-refractivity contribution in [2.24, 2.45) is 0 Å². The van der Waals surface area contributed by atoms with Crippen molar-refractivity contribution >= 4 is 10.9 Å². The lowest BCUT2D eigenvalue weighted by Gasteiger charge is -2.24. The molecule has 1 aliphatic heterocycles. The zero-order valence-electron chi connectivity index (χ0n) is 10.3. The van der Waals surface area contributed by atoms with Crippen molar-refractivity contribution in [3.63, 3.8) is 0 Å². The van der Waals surface area contributed by atoms with Crippen LogP contribution in [0.2, 0.25) is 0 Å². The average molecular weight is 263 g/mol. The molecule has 2 heterocycles. The number of H-pyrrole nitrogens is 1. The molecule has 100 valence electrons. The first-order chi connectivity index (χ1) is 9.18. The van der Waals surface area contributed by atoms with Gasteiger partial charge in [0.1, 0.15) is 5.82 Å². The fraction of sp³-hybridized carbons (Fsp3) is 0.385. The minimum Gasteiger partial charge on any atom is -0.315 e. The number of aromatic nitrogens is 2. The Morgan fingerprint density at radius 2 is 2.16 bits per heavy atom. The molecule has 19 heavy (non-hydrogen) atoms. The first-order valence-electron chi connectivity index (χ1n) is 6.32. The Bertz CT molecular complexity index is 729. The Morgan fingerprint density at radius 3 is 2.89 bits per heavy atom. The van der Waals surface area contributed by atoms with E-state index in [0.29, 0.717) is 6.54 Å². The van der Waals surface area contributed by atoms with Gasteiger partial charge in [-0.15, -0.1) is 0 Å². The Balaban J connectivity index is 2.27. The van der Waals surface area contributed by atoms with Gasteiger partial charge in [-0.3, -0.25) is 9.36 Å². The van der Waals surface area contributed by atoms with E-state index < -0.39 is 17.1 Å². The number of nitrogens with one attached hydrogen (secondary N) is 2. The third-order valence-electron chi connectivity index (χ3n) is 3.54. The first kappa shape index (κ1) is 12.1. The highest BCUT2D eigenvalue weighted by molar-refractivity contribution is 5.77. The summed E-state index contributed by atoms with van der Waals surface area (Å²) in [5.41, 5.74) is -0.780. The summed E-state index contributed by atoms with van der Waals surface area (Å²) in [5.74, 6) is -0.601. The molecule has 1 aromatic carbocycles. The minimum absolute atomic E-state index is 0.0485. The van der Waals surface area contributed by atoms with Gasteiger partial charge in [-0.2, -0.15) is 0 Å². The molecule has 6 heteroatoms. The van der Waals surface area contributed by atoms with Crippen molar-refractivity contribution in [2.75, 3.05) is 13.1 Å². The fourth-order valence-electron chi connectivity index (χ4n) is 2.62. The summed E-state index contributed by atoms with van der Waals surface area (Å²) in [6, 6.07) is 4.02. The molecule has 2 aromatic rings. The van der Waals surface area contributed by atoms with E-state index in [9.17, 15) is 14.0 Å². The molecule has 1 atom stereocenters. The second kappa shape index (κ2) is 4.62. The maximum atomic E-state index is 13.8. The summed E-state index contributed by atoms with van der Waals surface area (Å²) in [7, 11) is 0. The van der Waals surface area contributed by atoms with Gasteiger partial charge >= 0.3 is 5.69 Å². The van der Waals surface area contributed by atoms with Gasteiger partial charge in [0.2, 0.25) is 0 Å². The summed E-state index contributed by atoms with van der Waals surface area (Å²) >= 11 is 0. The third-order valence-corrected chi connectivity index (χ3v) is 3.54. The van der Waals surface area contributed by atoms with Gasteiger partial charge in [0.15, 0.2) is 0 Å². The van der Waals surface area contributed by atoms with Gasteiger partial charge in [-0.1, -0.05) is 6.07 Å². The molecule has 0 amide bonds. The fourth-order valence-corrected chi connectivity index (χ4v) is 2.62. The minimum atomic E-state index is -0.601. The van der Waals surface area contributed by atoms with Crippen molar-refractivity contribution in [3.8, 4) is 0 Å². The molecule has 1 aliphatic rings. The molecule has 1 unspecified atom stereocenters. The quantitative estimate of drug-likeness (QED) is 0.798. The van der Waals surface area contributed by atoms with E-state index >= 15 is 0 Å². The van der Waals surface area contributed by atoms with E-state index in [2.05, 4.69) is 10.3 Å². The molecule has 1 aromatic heterocycles. The number of nitrogens with zero attached hydrogens (tertiary/aromatic N) is 1. The predicted molar refractivity (Wildman–Crippen MR) is 69.9 cm³/mol. The Morgan fingerprint density at radius 1 is 1.32 bits per heavy atom. The summed E-state index contributed by atoms with van der Waals surface area (Å²) in [6.45, 7) is 1.44. The highest BCUT2D eigenvalue weighted by Crippen LogP contribution is 2.15. The van der Waals surface area contributed by atoms with Crippen LogP contribution in [0.15, 0.2) is 27.8 Å². The van der Waals surface area contributed by atoms with Crippen LogP contribution >= 0.6 is 0 Å². The van der Waals surface area contributed by atoms with Crippen LogP contribution in [0.25, 0.3) is 10.9 Å². The van der Waals surface area contributed by atoms with E-state index in [4.69, 9.17) is 0 Å². The van der Waals surface area contributed by atoms with Crippen LogP contribution in [0.1, 0.15) is 18.9 Å². The third kappa shape index (κ3) is 1.98. The van der Waals surface area contributed by atoms with Gasteiger partial charge in [-0.25, -0.2) is 9.18 Å². The molecule has 5 nitrogen and oxygen atoms in total. The first-order valence-corrected chi connectivity index (χ1v) is 6.32. The standard InChI is InChI=1S/C13H14FN3O2/c14-9-4-1-5-10-11(9)12(18)17(13(19)16-10)8-3-2-6-15-7-8/h1,4-5,8,15H,2-3,6-7H2,(H,16,19). The second-order valence-corrected chi connectivity index (χ2v) is 4.77. The second-order valence-electron chi connectivity index (χ2n) is 4.77. The van der Waals surface area contributed by atoms with E-state index in [1.165, 1.54) is 18.2 Å². The van der Waals surface area contributed by atoms with Crippen LogP contribution in [-0.2, 0) is 0 Å². The number of fused-ring (bicyclic) bond motifs is 1. The average Bonchev–Trinajstić information content (AvgIpc) is 2.39. The van der Waals surface area contributed by atoms with Crippen LogP contribution < -0.4 is 16.6 Å². The maximum absolute atomic E-state index is 13.8. The van der Waals surface area contributed by atoms with E-state index in [1.807, 2.05) is 0 Å². The van der Waals surface area contributed by atoms with E-state index in [-0.39, 0.29) is 16.9 Å². The van der Waals surface area contributed by atoms with Gasteiger partial charge < -0.3 is 10.3 Å².